The van der Waals surface area contributed by atoms with Gasteiger partial charge in [0.1, 0.15) is 11.8 Å². The molecule has 0 saturated carbocycles. The number of cyclic esters (lactones) is 1. The van der Waals surface area contributed by atoms with E-state index in [-0.39, 0.29) is 63.1 Å². The Kier molecular flexibility index (Phi) is 8.19. The van der Waals surface area contributed by atoms with Crippen LogP contribution in [0.3, 0.4) is 0 Å². The molecule has 0 spiro atoms. The largest absolute Gasteiger partial charge is 0.453 e. The number of ether oxygens (including phenoxy) is 2. The van der Waals surface area contributed by atoms with E-state index in [1.165, 1.54) is 29.3 Å². The number of amides is 4. The molecular formula is C24H26F2N6O6. The van der Waals surface area contributed by atoms with E-state index < -0.39 is 35.8 Å². The third-order valence-corrected chi connectivity index (χ3v) is 6.12. The summed E-state index contributed by atoms with van der Waals surface area (Å²) in [6, 6.07) is 5.27. The molecule has 1 aromatic heterocycles. The van der Waals surface area contributed by atoms with Crippen molar-refractivity contribution in [2.24, 2.45) is 0 Å². The van der Waals surface area contributed by atoms with Gasteiger partial charge in [-0.3, -0.25) is 19.5 Å². The molecule has 2 saturated heterocycles. The standard InChI is InChI=1S/C24H26F2N6O6/c1-37-23(35)29-12-17-14-32(24(36)38-17)16-9-18(25)21(19(26)10-16)31-7-5-30(6-8-31)20(33)13-28-22(34)15-3-2-4-27-11-15/h2-4,9-11,17H,5-8,12-14H2,1H3,(H,28,34)(H,29,35). The van der Waals surface area contributed by atoms with Crippen molar-refractivity contribution in [3.05, 3.63) is 53.9 Å². The molecule has 1 unspecified atom stereocenters. The predicted molar refractivity (Wildman–Crippen MR) is 130 cm³/mol. The van der Waals surface area contributed by atoms with Gasteiger partial charge in [0.2, 0.25) is 5.91 Å². The lowest BCUT2D eigenvalue weighted by Crippen LogP contribution is -2.51. The summed E-state index contributed by atoms with van der Waals surface area (Å²) in [5.41, 5.74) is 0.0461. The summed E-state index contributed by atoms with van der Waals surface area (Å²) >= 11 is 0. The lowest BCUT2D eigenvalue weighted by Gasteiger charge is -2.36. The molecule has 2 fully saturated rings. The number of anilines is 2. The molecule has 3 heterocycles. The number of halogens is 2. The number of pyridine rings is 1. The van der Waals surface area contributed by atoms with Gasteiger partial charge < -0.3 is 29.9 Å². The van der Waals surface area contributed by atoms with Gasteiger partial charge in [-0.2, -0.15) is 0 Å². The molecule has 1 aromatic carbocycles. The van der Waals surface area contributed by atoms with E-state index in [1.807, 2.05) is 0 Å². The molecule has 1 atom stereocenters. The lowest BCUT2D eigenvalue weighted by molar-refractivity contribution is -0.130. The van der Waals surface area contributed by atoms with Crippen molar-refractivity contribution in [1.29, 1.82) is 0 Å². The van der Waals surface area contributed by atoms with E-state index in [0.717, 1.165) is 17.0 Å². The highest BCUT2D eigenvalue weighted by Gasteiger charge is 2.34. The van der Waals surface area contributed by atoms with Crippen LogP contribution in [-0.4, -0.2) is 92.9 Å². The molecule has 4 rings (SSSR count). The Balaban J connectivity index is 1.32. The molecule has 2 aliphatic rings. The maximum absolute atomic E-state index is 15.0. The minimum absolute atomic E-state index is 0.0147. The Morgan fingerprint density at radius 3 is 2.47 bits per heavy atom. The van der Waals surface area contributed by atoms with Crippen LogP contribution in [0.5, 0.6) is 0 Å². The SMILES string of the molecule is COC(=O)NCC1CN(c2cc(F)c(N3CCN(C(=O)CNC(=O)c4cccnc4)CC3)c(F)c2)C(=O)O1. The van der Waals surface area contributed by atoms with Crippen LogP contribution in [0.15, 0.2) is 36.7 Å². The van der Waals surface area contributed by atoms with E-state index in [2.05, 4.69) is 20.4 Å². The van der Waals surface area contributed by atoms with Crippen molar-refractivity contribution < 1.29 is 37.4 Å². The molecule has 202 valence electrons. The first-order chi connectivity index (χ1) is 18.3. The number of carbonyl (C=O) groups excluding carboxylic acids is 4. The van der Waals surface area contributed by atoms with E-state index in [1.54, 1.807) is 12.1 Å². The van der Waals surface area contributed by atoms with Crippen LogP contribution in [-0.2, 0) is 14.3 Å². The van der Waals surface area contributed by atoms with Crippen LogP contribution in [0, 0.1) is 11.6 Å². The molecule has 38 heavy (non-hydrogen) atoms. The number of benzene rings is 1. The van der Waals surface area contributed by atoms with Gasteiger partial charge in [-0.1, -0.05) is 0 Å². The first-order valence-corrected chi connectivity index (χ1v) is 11.8. The molecule has 14 heteroatoms. The quantitative estimate of drug-likeness (QED) is 0.542. The van der Waals surface area contributed by atoms with Crippen LogP contribution < -0.4 is 20.4 Å². The van der Waals surface area contributed by atoms with Crippen LogP contribution in [0.25, 0.3) is 0 Å². The van der Waals surface area contributed by atoms with Gasteiger partial charge in [-0.05, 0) is 12.1 Å². The minimum atomic E-state index is -0.868. The molecule has 12 nitrogen and oxygen atoms in total. The summed E-state index contributed by atoms with van der Waals surface area (Å²) in [6.07, 6.45) is 0.713. The summed E-state index contributed by atoms with van der Waals surface area (Å²) in [4.78, 5) is 56.0. The molecule has 0 bridgehead atoms. The fourth-order valence-electron chi connectivity index (χ4n) is 4.16. The molecule has 2 aromatic rings. The van der Waals surface area contributed by atoms with Gasteiger partial charge in [-0.15, -0.1) is 0 Å². The molecule has 0 aliphatic carbocycles. The third kappa shape index (κ3) is 6.07. The zero-order valence-corrected chi connectivity index (χ0v) is 20.5. The first-order valence-electron chi connectivity index (χ1n) is 11.8. The molecule has 0 radical (unpaired) electrons. The summed E-state index contributed by atoms with van der Waals surface area (Å²) in [7, 11) is 1.19. The van der Waals surface area contributed by atoms with Gasteiger partial charge in [0, 0.05) is 50.7 Å². The Morgan fingerprint density at radius 2 is 1.84 bits per heavy atom. The third-order valence-electron chi connectivity index (χ3n) is 6.12. The van der Waals surface area contributed by atoms with Crippen LogP contribution in [0.1, 0.15) is 10.4 Å². The summed E-state index contributed by atoms with van der Waals surface area (Å²) in [5.74, 6) is -2.48. The monoisotopic (exact) mass is 532 g/mol. The van der Waals surface area contributed by atoms with Crippen molar-refractivity contribution in [2.75, 3.05) is 62.7 Å². The highest BCUT2D eigenvalue weighted by Crippen LogP contribution is 2.31. The number of hydrogen-bond donors (Lipinski definition) is 2. The predicted octanol–water partition coefficient (Wildman–Crippen LogP) is 1.12. The number of rotatable bonds is 7. The number of piperazine rings is 1. The molecule has 4 amide bonds. The Bertz CT molecular complexity index is 1190. The number of alkyl carbamates (subject to hydrolysis) is 1. The van der Waals surface area contributed by atoms with Gasteiger partial charge in [-0.25, -0.2) is 18.4 Å². The van der Waals surface area contributed by atoms with E-state index in [9.17, 15) is 19.2 Å². The second kappa shape index (κ2) is 11.7. The smallest absolute Gasteiger partial charge is 0.414 e. The minimum Gasteiger partial charge on any atom is -0.453 e. The Hall–Kier alpha value is -4.49. The lowest BCUT2D eigenvalue weighted by atomic mass is 10.2. The van der Waals surface area contributed by atoms with Crippen molar-refractivity contribution in [3.63, 3.8) is 0 Å². The number of nitrogens with one attached hydrogen (secondary N) is 2. The maximum atomic E-state index is 15.0. The highest BCUT2D eigenvalue weighted by molar-refractivity contribution is 5.96. The van der Waals surface area contributed by atoms with Crippen molar-refractivity contribution in [3.8, 4) is 0 Å². The average molecular weight is 533 g/mol. The van der Waals surface area contributed by atoms with Crippen molar-refractivity contribution in [2.45, 2.75) is 6.10 Å². The number of nitrogens with zero attached hydrogens (tertiary/aromatic N) is 4. The topological polar surface area (TPSA) is 133 Å². The second-order valence-corrected chi connectivity index (χ2v) is 8.54. The van der Waals surface area contributed by atoms with Gasteiger partial charge >= 0.3 is 12.2 Å². The van der Waals surface area contributed by atoms with Crippen molar-refractivity contribution >= 4 is 35.4 Å². The number of hydrogen-bond acceptors (Lipinski definition) is 8. The number of methoxy groups -OCH3 is 1. The molecular weight excluding hydrogens is 506 g/mol. The highest BCUT2D eigenvalue weighted by atomic mass is 19.1. The summed E-state index contributed by atoms with van der Waals surface area (Å²) in [5, 5.41) is 4.94. The number of aromatic nitrogens is 1. The molecule has 2 N–H and O–H groups in total. The summed E-state index contributed by atoms with van der Waals surface area (Å²) < 4.78 is 39.7. The fourth-order valence-corrected chi connectivity index (χ4v) is 4.16. The first kappa shape index (κ1) is 26.6. The van der Waals surface area contributed by atoms with Gasteiger partial charge in [0.25, 0.3) is 5.91 Å². The van der Waals surface area contributed by atoms with Gasteiger partial charge in [0.15, 0.2) is 11.6 Å². The fraction of sp³-hybridized carbons (Fsp3) is 0.375. The zero-order valence-electron chi connectivity index (χ0n) is 20.5. The van der Waals surface area contributed by atoms with Crippen molar-refractivity contribution in [1.82, 2.24) is 20.5 Å². The zero-order chi connectivity index (χ0) is 27.2. The maximum Gasteiger partial charge on any atom is 0.414 e. The van der Waals surface area contributed by atoms with Crippen LogP contribution >= 0.6 is 0 Å². The number of carbonyl (C=O) groups is 4. The Morgan fingerprint density at radius 1 is 1.13 bits per heavy atom. The van der Waals surface area contributed by atoms with E-state index in [4.69, 9.17) is 4.74 Å². The second-order valence-electron chi connectivity index (χ2n) is 8.54. The Labute approximate surface area is 216 Å². The normalized spacial score (nSPS) is 17.2. The molecule has 2 aliphatic heterocycles. The summed E-state index contributed by atoms with van der Waals surface area (Å²) in [6.45, 7) is 0.497. The van der Waals surface area contributed by atoms with E-state index >= 15 is 8.78 Å². The van der Waals surface area contributed by atoms with Crippen LogP contribution in [0.4, 0.5) is 29.7 Å². The van der Waals surface area contributed by atoms with Crippen LogP contribution in [0.2, 0.25) is 0 Å². The average Bonchev–Trinajstić information content (AvgIpc) is 3.30. The van der Waals surface area contributed by atoms with E-state index in [0.29, 0.717) is 5.56 Å². The van der Waals surface area contributed by atoms with Gasteiger partial charge in [0.05, 0.1) is 38.0 Å².